The first-order valence-corrected chi connectivity index (χ1v) is 9.74. The van der Waals surface area contributed by atoms with Crippen molar-refractivity contribution in [3.8, 4) is 0 Å². The molecule has 2 rings (SSSR count). The number of carbonyl (C=O) groups is 3. The van der Waals surface area contributed by atoms with Gasteiger partial charge in [0.2, 0.25) is 11.8 Å². The van der Waals surface area contributed by atoms with Gasteiger partial charge in [-0.15, -0.1) is 0 Å². The number of nitrogens with one attached hydrogen (secondary N) is 2. The van der Waals surface area contributed by atoms with Crippen LogP contribution in [0.4, 0.5) is 0 Å². The van der Waals surface area contributed by atoms with E-state index in [0.717, 1.165) is 31.5 Å². The van der Waals surface area contributed by atoms with Gasteiger partial charge >= 0.3 is 0 Å². The van der Waals surface area contributed by atoms with Gasteiger partial charge in [0.05, 0.1) is 31.7 Å². The fraction of sp³-hybridized carbons (Fsp3) is 0.526. The van der Waals surface area contributed by atoms with Gasteiger partial charge in [0.25, 0.3) is 0 Å². The first-order valence-electron chi connectivity index (χ1n) is 9.36. The lowest BCUT2D eigenvalue weighted by Gasteiger charge is -2.23. The Morgan fingerprint density at radius 2 is 1.86 bits per heavy atom. The minimum absolute atomic E-state index is 0.0263. The van der Waals surface area contributed by atoms with Crippen LogP contribution in [0.3, 0.4) is 0 Å². The Morgan fingerprint density at radius 1 is 1.21 bits per heavy atom. The Morgan fingerprint density at radius 3 is 2.43 bits per heavy atom. The summed E-state index contributed by atoms with van der Waals surface area (Å²) in [5.41, 5.74) is 0.797. The number of quaternary nitrogens is 1. The average Bonchev–Trinajstić information content (AvgIpc) is 2.70. The molecule has 1 aromatic carbocycles. The monoisotopic (exact) mass is 411 g/mol. The summed E-state index contributed by atoms with van der Waals surface area (Å²) >= 11 is 5.92. The highest BCUT2D eigenvalue weighted by molar-refractivity contribution is 6.30. The van der Waals surface area contributed by atoms with E-state index in [-0.39, 0.29) is 30.7 Å². The van der Waals surface area contributed by atoms with Crippen molar-refractivity contribution in [2.24, 2.45) is 5.92 Å². The van der Waals surface area contributed by atoms with Crippen LogP contribution < -0.4 is 21.1 Å². The van der Waals surface area contributed by atoms with E-state index >= 15 is 0 Å². The fourth-order valence-corrected chi connectivity index (χ4v) is 3.38. The van der Waals surface area contributed by atoms with E-state index in [1.54, 1.807) is 24.3 Å². The second-order valence-corrected chi connectivity index (χ2v) is 7.40. The van der Waals surface area contributed by atoms with Gasteiger partial charge in [-0.25, -0.2) is 0 Å². The lowest BCUT2D eigenvalue weighted by atomic mass is 9.93. The van der Waals surface area contributed by atoms with Crippen LogP contribution in [0.1, 0.15) is 30.7 Å². The summed E-state index contributed by atoms with van der Waals surface area (Å²) in [7, 11) is 0. The normalized spacial score (nSPS) is 16.8. The van der Waals surface area contributed by atoms with Crippen LogP contribution in [0.25, 0.3) is 0 Å². The molecule has 2 atom stereocenters. The minimum atomic E-state index is -1.55. The summed E-state index contributed by atoms with van der Waals surface area (Å²) in [4.78, 5) is 35.6. The van der Waals surface area contributed by atoms with Crippen molar-refractivity contribution in [2.45, 2.75) is 31.2 Å². The molecule has 1 aromatic rings. The zero-order chi connectivity index (χ0) is 20.5. The Kier molecular flexibility index (Phi) is 8.69. The van der Waals surface area contributed by atoms with E-state index in [2.05, 4.69) is 16.0 Å². The van der Waals surface area contributed by atoms with Crippen molar-refractivity contribution in [1.29, 1.82) is 0 Å². The molecular weight excluding hydrogens is 386 g/mol. The maximum Gasteiger partial charge on any atom is 0.223 e. The molecule has 0 spiro atoms. The quantitative estimate of drug-likeness (QED) is 0.377. The molecule has 1 saturated heterocycles. The molecule has 0 radical (unpaired) electrons. The van der Waals surface area contributed by atoms with Crippen LogP contribution in [0, 0.1) is 5.92 Å². The number of aliphatic hydroxyl groups is 1. The summed E-state index contributed by atoms with van der Waals surface area (Å²) in [5, 5.41) is 27.8. The molecule has 1 heterocycles. The third-order valence-corrected chi connectivity index (χ3v) is 5.16. The number of hydrogen-bond donors (Lipinski definition) is 4. The smallest absolute Gasteiger partial charge is 0.223 e. The number of aliphatic hydroxyl groups excluding tert-OH is 1. The van der Waals surface area contributed by atoms with Gasteiger partial charge < -0.3 is 31.0 Å². The molecule has 0 aromatic heterocycles. The van der Waals surface area contributed by atoms with E-state index in [1.165, 1.54) is 0 Å². The number of benzene rings is 1. The van der Waals surface area contributed by atoms with Crippen LogP contribution in [-0.4, -0.2) is 55.2 Å². The van der Waals surface area contributed by atoms with Crippen molar-refractivity contribution in [2.75, 3.05) is 26.2 Å². The van der Waals surface area contributed by atoms with E-state index in [4.69, 9.17) is 16.7 Å². The van der Waals surface area contributed by atoms with Gasteiger partial charge in [0, 0.05) is 42.7 Å². The molecule has 0 bridgehead atoms. The molecule has 28 heavy (non-hydrogen) atoms. The molecule has 5 N–H and O–H groups in total. The highest BCUT2D eigenvalue weighted by atomic mass is 35.5. The first-order chi connectivity index (χ1) is 13.4. The second-order valence-electron chi connectivity index (χ2n) is 6.96. The topological polar surface area (TPSA) is 135 Å². The molecule has 0 saturated carbocycles. The van der Waals surface area contributed by atoms with Crippen molar-refractivity contribution in [3.05, 3.63) is 34.9 Å². The number of aliphatic carboxylic acids is 1. The lowest BCUT2D eigenvalue weighted by molar-refractivity contribution is -0.664. The average molecular weight is 412 g/mol. The Hall–Kier alpha value is -2.16. The van der Waals surface area contributed by atoms with Gasteiger partial charge in [-0.2, -0.15) is 0 Å². The molecule has 2 amide bonds. The second kappa shape index (κ2) is 11.0. The predicted molar refractivity (Wildman–Crippen MR) is 100 cm³/mol. The van der Waals surface area contributed by atoms with Crippen molar-refractivity contribution < 1.29 is 29.9 Å². The van der Waals surface area contributed by atoms with E-state index < -0.39 is 24.5 Å². The molecule has 8 nitrogen and oxygen atoms in total. The van der Waals surface area contributed by atoms with Crippen molar-refractivity contribution >= 4 is 29.4 Å². The molecule has 1 fully saturated rings. The number of rotatable bonds is 9. The van der Waals surface area contributed by atoms with Gasteiger partial charge in [0.15, 0.2) is 0 Å². The van der Waals surface area contributed by atoms with Crippen molar-refractivity contribution in [3.63, 3.8) is 0 Å². The van der Waals surface area contributed by atoms with E-state index in [1.807, 2.05) is 0 Å². The maximum atomic E-state index is 12.4. The summed E-state index contributed by atoms with van der Waals surface area (Å²) in [6.07, 6.45) is 1.59. The summed E-state index contributed by atoms with van der Waals surface area (Å²) in [5.74, 6) is -2.53. The third kappa shape index (κ3) is 6.78. The molecule has 154 valence electrons. The SMILES string of the molecule is O=C(C[C@@H](CNC(=O)C1CC[NH2+]CC1)c1ccc(Cl)cc1)N[C@@H](CO)C(=O)[O-]. The Labute approximate surface area is 168 Å². The highest BCUT2D eigenvalue weighted by Gasteiger charge is 2.25. The van der Waals surface area contributed by atoms with Crippen LogP contribution >= 0.6 is 11.6 Å². The number of nitrogens with two attached hydrogens (primary N) is 1. The summed E-state index contributed by atoms with van der Waals surface area (Å²) < 4.78 is 0. The van der Waals surface area contributed by atoms with Crippen LogP contribution in [0.15, 0.2) is 24.3 Å². The number of carboxylic acids is 1. The van der Waals surface area contributed by atoms with Crippen molar-refractivity contribution in [1.82, 2.24) is 10.6 Å². The third-order valence-electron chi connectivity index (χ3n) is 4.91. The van der Waals surface area contributed by atoms with Crippen LogP contribution in [0.2, 0.25) is 5.02 Å². The molecule has 0 aliphatic carbocycles. The van der Waals surface area contributed by atoms with Gasteiger partial charge in [-0.05, 0) is 17.7 Å². The fourth-order valence-electron chi connectivity index (χ4n) is 3.26. The van der Waals surface area contributed by atoms with Crippen LogP contribution in [-0.2, 0) is 14.4 Å². The molecule has 0 unspecified atom stereocenters. The largest absolute Gasteiger partial charge is 0.548 e. The molecule has 1 aliphatic rings. The molecular formula is C19H26ClN3O5. The predicted octanol–water partition coefficient (Wildman–Crippen LogP) is -1.87. The Balaban J connectivity index is 2.02. The number of hydrogen-bond acceptors (Lipinski definition) is 5. The highest BCUT2D eigenvalue weighted by Crippen LogP contribution is 2.22. The summed E-state index contributed by atoms with van der Waals surface area (Å²) in [6.45, 7) is 1.33. The zero-order valence-corrected chi connectivity index (χ0v) is 16.3. The number of halogens is 1. The molecule has 1 aliphatic heterocycles. The lowest BCUT2D eigenvalue weighted by Crippen LogP contribution is -2.86. The minimum Gasteiger partial charge on any atom is -0.548 e. The summed E-state index contributed by atoms with van der Waals surface area (Å²) in [6, 6.07) is 5.46. The Bertz CT molecular complexity index is 677. The maximum absolute atomic E-state index is 12.4. The number of carboxylic acid groups (broad SMARTS) is 1. The van der Waals surface area contributed by atoms with Gasteiger partial charge in [-0.1, -0.05) is 23.7 Å². The van der Waals surface area contributed by atoms with Gasteiger partial charge in [0.1, 0.15) is 0 Å². The van der Waals surface area contributed by atoms with Crippen LogP contribution in [0.5, 0.6) is 0 Å². The van der Waals surface area contributed by atoms with E-state index in [0.29, 0.717) is 5.02 Å². The molecule has 9 heteroatoms. The zero-order valence-electron chi connectivity index (χ0n) is 15.5. The standard InChI is InChI=1S/C19H26ClN3O5/c20-15-3-1-12(2-4-15)14(9-17(25)23-16(11-24)19(27)28)10-22-18(26)13-5-7-21-8-6-13/h1-4,13-14,16,21,24H,5-11H2,(H,22,26)(H,23,25)(H,27,28)/t14-,16-/m0/s1. The van der Waals surface area contributed by atoms with E-state index in [9.17, 15) is 19.5 Å². The number of carbonyl (C=O) groups excluding carboxylic acids is 3. The first kappa shape index (κ1) is 22.1. The number of amides is 2. The van der Waals surface area contributed by atoms with Gasteiger partial charge in [-0.3, -0.25) is 9.59 Å². The number of piperidine rings is 1.